The average Bonchev–Trinajstić information content (AvgIpc) is 3.50. The lowest BCUT2D eigenvalue weighted by atomic mass is 9.80. The van der Waals surface area contributed by atoms with Crippen molar-refractivity contribution in [2.75, 3.05) is 51.8 Å². The van der Waals surface area contributed by atoms with Gasteiger partial charge in [0.25, 0.3) is 0 Å². The van der Waals surface area contributed by atoms with Gasteiger partial charge in [0.1, 0.15) is 11.3 Å². The molecule has 0 aliphatic carbocycles. The minimum atomic E-state index is -3.79. The quantitative estimate of drug-likeness (QED) is 0.129. The lowest BCUT2D eigenvalue weighted by Gasteiger charge is -2.31. The summed E-state index contributed by atoms with van der Waals surface area (Å²) in [7, 11) is -3.79. The van der Waals surface area contributed by atoms with Crippen molar-refractivity contribution in [2.45, 2.75) is 42.2 Å². The minimum Gasteiger partial charge on any atom is -0.494 e. The molecule has 2 N–H and O–H groups in total. The molecule has 1 fully saturated rings. The summed E-state index contributed by atoms with van der Waals surface area (Å²) in [6, 6.07) is 22.1. The molecule has 3 aromatic rings. The zero-order valence-electron chi connectivity index (χ0n) is 26.2. The van der Waals surface area contributed by atoms with Crippen molar-refractivity contribution in [2.24, 2.45) is 10.1 Å². The molecule has 0 saturated carbocycles. The number of hydrogen-bond acceptors (Lipinski definition) is 11. The number of aliphatic imine (C=N–C) groups is 1. The summed E-state index contributed by atoms with van der Waals surface area (Å²) < 4.78 is 44.8. The van der Waals surface area contributed by atoms with E-state index >= 15 is 0 Å². The highest BCUT2D eigenvalue weighted by molar-refractivity contribution is 7.91. The first-order chi connectivity index (χ1) is 22.9. The van der Waals surface area contributed by atoms with E-state index in [0.717, 1.165) is 13.1 Å². The van der Waals surface area contributed by atoms with Gasteiger partial charge in [0.2, 0.25) is 10.8 Å². The molecule has 0 radical (unpaired) electrons. The number of aliphatic hydroxyl groups excluding tert-OH is 1. The number of sulfone groups is 1. The van der Waals surface area contributed by atoms with Gasteiger partial charge < -0.3 is 19.3 Å². The standard InChI is InChI=1S/C34H40N5O7S/c35-38-37-30-11-5-4-10-29(30)32-34(17-25-47(42,43)28-8-2-1-3-9-28,31(41)12-6-18-39-19-23-44-24-20-39)36-33(46-32)26-13-15-27(16-14-26)45-22-7-21-40/h1-5,8-11,13-16,32,35,40H,6-7,12,17-25H2/q+1/t32-,34+/m0/s1. The second-order valence-corrected chi connectivity index (χ2v) is 13.5. The van der Waals surface area contributed by atoms with Crippen LogP contribution in [0.5, 0.6) is 5.75 Å². The highest BCUT2D eigenvalue weighted by Crippen LogP contribution is 2.46. The summed E-state index contributed by atoms with van der Waals surface area (Å²) in [6.45, 7) is 3.93. The molecule has 12 nitrogen and oxygen atoms in total. The first-order valence-electron chi connectivity index (χ1n) is 15.7. The molecule has 47 heavy (non-hydrogen) atoms. The number of morpholine rings is 1. The van der Waals surface area contributed by atoms with Gasteiger partial charge in [0.15, 0.2) is 38.1 Å². The molecule has 5 rings (SSSR count). The number of rotatable bonds is 16. The van der Waals surface area contributed by atoms with Gasteiger partial charge in [0, 0.05) is 43.7 Å². The van der Waals surface area contributed by atoms with E-state index in [4.69, 9.17) is 29.8 Å². The van der Waals surface area contributed by atoms with Crippen molar-refractivity contribution < 1.29 is 32.5 Å². The second kappa shape index (κ2) is 16.0. The Bertz CT molecular complexity index is 1690. The molecule has 0 bridgehead atoms. The third kappa shape index (κ3) is 8.37. The molecule has 1 saturated heterocycles. The molecule has 0 unspecified atom stereocenters. The van der Waals surface area contributed by atoms with E-state index in [-0.39, 0.29) is 41.8 Å². The molecule has 13 heteroatoms. The monoisotopic (exact) mass is 662 g/mol. The summed E-state index contributed by atoms with van der Waals surface area (Å²) in [5.41, 5.74) is 7.18. The predicted molar refractivity (Wildman–Crippen MR) is 175 cm³/mol. The van der Waals surface area contributed by atoms with Crippen LogP contribution in [0.1, 0.15) is 42.9 Å². The lowest BCUT2D eigenvalue weighted by Crippen LogP contribution is -2.43. The first kappa shape index (κ1) is 34.1. The zero-order chi connectivity index (χ0) is 33.1. The molecule has 248 valence electrons. The number of aliphatic hydroxyl groups is 1. The number of carbonyl (C=O) groups excluding carboxylic acids is 1. The largest absolute Gasteiger partial charge is 0.494 e. The van der Waals surface area contributed by atoms with E-state index < -0.39 is 21.5 Å². The Morgan fingerprint density at radius 3 is 2.49 bits per heavy atom. The van der Waals surface area contributed by atoms with Crippen molar-refractivity contribution >= 4 is 27.2 Å². The molecule has 2 heterocycles. The number of Topliss-reactive ketones (excluding diaryl/α,β-unsaturated/α-hetero) is 1. The number of ether oxygens (including phenoxy) is 3. The third-order valence-electron chi connectivity index (χ3n) is 8.33. The Balaban J connectivity index is 1.54. The first-order valence-corrected chi connectivity index (χ1v) is 17.4. The van der Waals surface area contributed by atoms with Crippen molar-refractivity contribution in [1.29, 1.82) is 5.53 Å². The van der Waals surface area contributed by atoms with Crippen LogP contribution >= 0.6 is 0 Å². The van der Waals surface area contributed by atoms with Gasteiger partial charge in [0.05, 0.1) is 30.5 Å². The summed E-state index contributed by atoms with van der Waals surface area (Å²) in [5.74, 6) is 0.199. The molecular formula is C34H40N5O7S+. The van der Waals surface area contributed by atoms with Crippen molar-refractivity contribution in [3.8, 4) is 5.75 Å². The Labute approximate surface area is 274 Å². The van der Waals surface area contributed by atoms with Gasteiger partial charge in [-0.15, -0.1) is 0 Å². The van der Waals surface area contributed by atoms with E-state index in [9.17, 15) is 13.2 Å². The fourth-order valence-corrected chi connectivity index (χ4v) is 7.19. The Morgan fingerprint density at radius 1 is 1.04 bits per heavy atom. The van der Waals surface area contributed by atoms with Gasteiger partial charge in [-0.05, 0) is 61.9 Å². The second-order valence-electron chi connectivity index (χ2n) is 11.4. The molecule has 2 aliphatic heterocycles. The Morgan fingerprint density at radius 2 is 1.77 bits per heavy atom. The predicted octanol–water partition coefficient (Wildman–Crippen LogP) is 4.43. The average molecular weight is 663 g/mol. The van der Waals surface area contributed by atoms with Gasteiger partial charge >= 0.3 is 0 Å². The molecule has 0 aromatic heterocycles. The fraction of sp³-hybridized carbons (Fsp3) is 0.412. The van der Waals surface area contributed by atoms with Crippen LogP contribution in [0, 0.1) is 5.53 Å². The number of carbonyl (C=O) groups is 1. The van der Waals surface area contributed by atoms with E-state index in [1.807, 2.05) is 0 Å². The summed E-state index contributed by atoms with van der Waals surface area (Å²) in [6.07, 6.45) is 0.0397. The maximum atomic E-state index is 14.5. The summed E-state index contributed by atoms with van der Waals surface area (Å²) in [5, 5.41) is 13.0. The summed E-state index contributed by atoms with van der Waals surface area (Å²) >= 11 is 0. The number of ketones is 1. The maximum absolute atomic E-state index is 14.5. The van der Waals surface area contributed by atoms with Gasteiger partial charge in [-0.3, -0.25) is 9.69 Å². The van der Waals surface area contributed by atoms with Crippen molar-refractivity contribution in [3.05, 3.63) is 90.0 Å². The van der Waals surface area contributed by atoms with Crippen LogP contribution in [0.25, 0.3) is 0 Å². The summed E-state index contributed by atoms with van der Waals surface area (Å²) in [4.78, 5) is 25.1. The Hall–Kier alpha value is -4.26. The van der Waals surface area contributed by atoms with Crippen LogP contribution in [0.4, 0.5) is 5.69 Å². The van der Waals surface area contributed by atoms with Crippen LogP contribution in [-0.4, -0.2) is 87.5 Å². The number of hydrogen-bond donors (Lipinski definition) is 2. The molecule has 2 atom stereocenters. The number of nitrogens with one attached hydrogen (secondary N) is 1. The van der Waals surface area contributed by atoms with Crippen LogP contribution in [-0.2, 0) is 24.1 Å². The zero-order valence-corrected chi connectivity index (χ0v) is 27.0. The third-order valence-corrected chi connectivity index (χ3v) is 10.1. The number of benzene rings is 3. The maximum Gasteiger partial charge on any atom is 0.220 e. The van der Waals surface area contributed by atoms with E-state index in [2.05, 4.69) is 14.9 Å². The van der Waals surface area contributed by atoms with Crippen LogP contribution in [0.3, 0.4) is 0 Å². The van der Waals surface area contributed by atoms with Crippen molar-refractivity contribution in [3.63, 3.8) is 0 Å². The van der Waals surface area contributed by atoms with E-state index in [0.29, 0.717) is 61.8 Å². The topological polar surface area (TPSA) is 165 Å². The van der Waals surface area contributed by atoms with E-state index in [1.54, 1.807) is 66.7 Å². The van der Waals surface area contributed by atoms with Crippen LogP contribution < -0.4 is 9.65 Å². The molecule has 3 aromatic carbocycles. The highest BCUT2D eigenvalue weighted by Gasteiger charge is 2.53. The highest BCUT2D eigenvalue weighted by atomic mass is 32.2. The minimum absolute atomic E-state index is 0.0218. The molecule has 0 amide bonds. The van der Waals surface area contributed by atoms with E-state index in [1.165, 1.54) is 12.1 Å². The molecule has 2 aliphatic rings. The van der Waals surface area contributed by atoms with Gasteiger partial charge in [-0.25, -0.2) is 13.4 Å². The smallest absolute Gasteiger partial charge is 0.220 e. The van der Waals surface area contributed by atoms with Gasteiger partial charge in [-0.1, -0.05) is 36.4 Å². The molecule has 0 spiro atoms. The fourth-order valence-electron chi connectivity index (χ4n) is 5.81. The van der Waals surface area contributed by atoms with Gasteiger partial charge in [-0.2, -0.15) is 0 Å². The van der Waals surface area contributed by atoms with Crippen molar-refractivity contribution in [1.82, 2.24) is 9.81 Å². The number of nitrogens with zero attached hydrogens (tertiary/aromatic N) is 4. The van der Waals surface area contributed by atoms with Crippen LogP contribution in [0.2, 0.25) is 0 Å². The Kier molecular flexibility index (Phi) is 11.6. The molecular weight excluding hydrogens is 622 g/mol. The normalized spacial score (nSPS) is 19.8. The SMILES string of the molecule is N=[N+]=Nc1ccccc1[C@@H]1OC(c2ccc(OCCCO)cc2)=N[C@]1(CCS(=O)(=O)c1ccccc1)C(=O)CCCN1CCOCC1. The lowest BCUT2D eigenvalue weighted by molar-refractivity contribution is -0.127. The van der Waals surface area contributed by atoms with Crippen LogP contribution in [0.15, 0.2) is 93.9 Å².